The number of nitrogens with zero attached hydrogens (tertiary/aromatic N) is 2. The van der Waals surface area contributed by atoms with Crippen LogP contribution in [0.4, 0.5) is 0 Å². The number of ether oxygens (including phenoxy) is 2. The van der Waals surface area contributed by atoms with Gasteiger partial charge in [-0.1, -0.05) is 6.42 Å². The summed E-state index contributed by atoms with van der Waals surface area (Å²) in [7, 11) is 1.89. The summed E-state index contributed by atoms with van der Waals surface area (Å²) in [5, 5.41) is 7.46. The van der Waals surface area contributed by atoms with Crippen molar-refractivity contribution in [1.29, 1.82) is 0 Å². The van der Waals surface area contributed by atoms with Crippen LogP contribution in [0.5, 0.6) is 0 Å². The minimum Gasteiger partial charge on any atom is -0.379 e. The fourth-order valence-electron chi connectivity index (χ4n) is 5.92. The Morgan fingerprint density at radius 3 is 2.73 bits per heavy atom. The second-order valence-corrected chi connectivity index (χ2v) is 10.3. The van der Waals surface area contributed by atoms with Crippen molar-refractivity contribution in [3.8, 4) is 0 Å². The van der Waals surface area contributed by atoms with Gasteiger partial charge in [-0.05, 0) is 38.3 Å². The van der Waals surface area contributed by atoms with Gasteiger partial charge in [0, 0.05) is 60.4 Å². The zero-order valence-electron chi connectivity index (χ0n) is 18.1. The lowest BCUT2D eigenvalue weighted by atomic mass is 9.46. The van der Waals surface area contributed by atoms with Gasteiger partial charge in [0.25, 0.3) is 0 Å². The van der Waals surface area contributed by atoms with Gasteiger partial charge >= 0.3 is 0 Å². The number of rotatable bonds is 5. The molecule has 4 atom stereocenters. The van der Waals surface area contributed by atoms with E-state index in [1.165, 1.54) is 35.4 Å². The zero-order chi connectivity index (χ0) is 19.8. The largest absolute Gasteiger partial charge is 0.379 e. The number of thiophene rings is 1. The van der Waals surface area contributed by atoms with Gasteiger partial charge in [0.2, 0.25) is 0 Å². The van der Waals surface area contributed by atoms with E-state index in [0.29, 0.717) is 29.5 Å². The zero-order valence-corrected chi connectivity index (χ0v) is 21.2. The Hall–Kier alpha value is -0.420. The number of morpholine rings is 1. The smallest absolute Gasteiger partial charge is 0.191 e. The minimum absolute atomic E-state index is 0. The number of halogens is 1. The summed E-state index contributed by atoms with van der Waals surface area (Å²) >= 11 is 1.90. The Morgan fingerprint density at radius 1 is 1.30 bits per heavy atom. The van der Waals surface area contributed by atoms with E-state index < -0.39 is 0 Å². The summed E-state index contributed by atoms with van der Waals surface area (Å²) in [5.41, 5.74) is 0.368. The van der Waals surface area contributed by atoms with Gasteiger partial charge in [-0.3, -0.25) is 9.89 Å². The number of nitrogens with one attached hydrogen (secondary N) is 2. The van der Waals surface area contributed by atoms with E-state index >= 15 is 0 Å². The molecular weight excluding hydrogens is 511 g/mol. The minimum atomic E-state index is 0. The highest BCUT2D eigenvalue weighted by molar-refractivity contribution is 14.0. The SMILES string of the molecule is CN=C(NCC(c1ccc(C)s1)N1CCOCC1)NC1C2CCOC2C12CCC2.I. The van der Waals surface area contributed by atoms with Crippen LogP contribution in [-0.2, 0) is 9.47 Å². The van der Waals surface area contributed by atoms with Crippen molar-refractivity contribution in [1.82, 2.24) is 15.5 Å². The molecular formula is C22H35IN4O2S. The predicted molar refractivity (Wildman–Crippen MR) is 132 cm³/mol. The first-order valence-electron chi connectivity index (χ1n) is 11.2. The molecule has 0 bridgehead atoms. The maximum atomic E-state index is 6.08. The summed E-state index contributed by atoms with van der Waals surface area (Å²) in [4.78, 5) is 9.92. The van der Waals surface area contributed by atoms with Gasteiger partial charge in [-0.15, -0.1) is 35.3 Å². The lowest BCUT2D eigenvalue weighted by molar-refractivity contribution is -0.171. The molecule has 2 aliphatic carbocycles. The van der Waals surface area contributed by atoms with E-state index in [2.05, 4.69) is 39.6 Å². The number of hydrogen-bond acceptors (Lipinski definition) is 5. The van der Waals surface area contributed by atoms with Gasteiger partial charge in [-0.25, -0.2) is 0 Å². The Morgan fingerprint density at radius 2 is 2.10 bits per heavy atom. The molecule has 0 radical (unpaired) electrons. The summed E-state index contributed by atoms with van der Waals surface area (Å²) in [5.74, 6) is 1.60. The molecule has 1 spiro atoms. The molecule has 0 aromatic carbocycles. The molecule has 5 rings (SSSR count). The van der Waals surface area contributed by atoms with E-state index in [1.807, 2.05) is 18.4 Å². The van der Waals surface area contributed by atoms with E-state index in [-0.39, 0.29) is 24.0 Å². The van der Waals surface area contributed by atoms with E-state index in [9.17, 15) is 0 Å². The van der Waals surface area contributed by atoms with Crippen molar-refractivity contribution in [3.05, 3.63) is 21.9 Å². The van der Waals surface area contributed by atoms with Crippen LogP contribution in [0.15, 0.2) is 17.1 Å². The predicted octanol–water partition coefficient (Wildman–Crippen LogP) is 3.17. The summed E-state index contributed by atoms with van der Waals surface area (Å²) in [6, 6.07) is 5.39. The molecule has 0 amide bonds. The van der Waals surface area contributed by atoms with Crippen LogP contribution in [0.3, 0.4) is 0 Å². The van der Waals surface area contributed by atoms with Crippen LogP contribution in [0, 0.1) is 18.3 Å². The molecule has 2 saturated carbocycles. The van der Waals surface area contributed by atoms with E-state index in [0.717, 1.165) is 45.4 Å². The van der Waals surface area contributed by atoms with Crippen LogP contribution in [-0.4, -0.2) is 69.5 Å². The second-order valence-electron chi connectivity index (χ2n) is 9.02. The maximum Gasteiger partial charge on any atom is 0.191 e. The number of fused-ring (bicyclic) bond motifs is 2. The molecule has 2 aliphatic heterocycles. The monoisotopic (exact) mass is 546 g/mol. The average Bonchev–Trinajstić information content (AvgIpc) is 3.31. The molecule has 4 aliphatic rings. The van der Waals surface area contributed by atoms with Crippen LogP contribution in [0.2, 0.25) is 0 Å². The lowest BCUT2D eigenvalue weighted by Crippen LogP contribution is -2.72. The molecule has 3 heterocycles. The first-order chi connectivity index (χ1) is 14.2. The lowest BCUT2D eigenvalue weighted by Gasteiger charge is -2.63. The summed E-state index contributed by atoms with van der Waals surface area (Å²) in [6.07, 6.45) is 5.61. The van der Waals surface area contributed by atoms with Gasteiger partial charge in [0.1, 0.15) is 0 Å². The Bertz CT molecular complexity index is 747. The highest BCUT2D eigenvalue weighted by atomic mass is 127. The standard InChI is InChI=1S/C22H34N4O2S.HI/c1-15-4-5-18(29-15)17(26-9-12-27-13-10-26)14-24-21(23-2)25-19-16-6-11-28-20(16)22(19)7-3-8-22;/h4-5,16-17,19-20H,3,6-14H2,1-2H3,(H2,23,24,25);1H. The number of guanidine groups is 1. The van der Waals surface area contributed by atoms with Crippen LogP contribution in [0.25, 0.3) is 0 Å². The first kappa shape index (κ1) is 22.8. The van der Waals surface area contributed by atoms with E-state index in [1.54, 1.807) is 0 Å². The fourth-order valence-corrected chi connectivity index (χ4v) is 6.93. The quantitative estimate of drug-likeness (QED) is 0.338. The molecule has 8 heteroatoms. The highest BCUT2D eigenvalue weighted by Gasteiger charge is 2.66. The van der Waals surface area contributed by atoms with Crippen molar-refractivity contribution in [2.45, 2.75) is 50.8 Å². The van der Waals surface area contributed by atoms with Crippen LogP contribution < -0.4 is 10.6 Å². The molecule has 30 heavy (non-hydrogen) atoms. The van der Waals surface area contributed by atoms with Crippen LogP contribution in [0.1, 0.15) is 41.5 Å². The van der Waals surface area contributed by atoms with E-state index in [4.69, 9.17) is 9.47 Å². The van der Waals surface area contributed by atoms with Gasteiger partial charge < -0.3 is 20.1 Å². The molecule has 1 aromatic heterocycles. The van der Waals surface area contributed by atoms with Gasteiger partial charge in [-0.2, -0.15) is 0 Å². The first-order valence-corrected chi connectivity index (χ1v) is 12.0. The van der Waals surface area contributed by atoms with Crippen molar-refractivity contribution in [2.24, 2.45) is 16.3 Å². The molecule has 4 fully saturated rings. The molecule has 2 N–H and O–H groups in total. The molecule has 6 nitrogen and oxygen atoms in total. The molecule has 2 saturated heterocycles. The molecule has 168 valence electrons. The van der Waals surface area contributed by atoms with Gasteiger partial charge in [0.15, 0.2) is 5.96 Å². The average molecular weight is 547 g/mol. The third-order valence-electron chi connectivity index (χ3n) is 7.59. The number of aliphatic imine (C=N–C) groups is 1. The Kier molecular flexibility index (Phi) is 7.29. The van der Waals surface area contributed by atoms with Crippen molar-refractivity contribution < 1.29 is 9.47 Å². The Labute approximate surface area is 201 Å². The topological polar surface area (TPSA) is 58.1 Å². The maximum absolute atomic E-state index is 6.08. The van der Waals surface area contributed by atoms with Crippen molar-refractivity contribution >= 4 is 41.3 Å². The normalized spacial score (nSPS) is 31.3. The second kappa shape index (κ2) is 9.60. The van der Waals surface area contributed by atoms with Crippen molar-refractivity contribution in [3.63, 3.8) is 0 Å². The molecule has 1 aromatic rings. The Balaban J connectivity index is 0.00000218. The number of hydrogen-bond donors (Lipinski definition) is 2. The van der Waals surface area contributed by atoms with Crippen molar-refractivity contribution in [2.75, 3.05) is 46.5 Å². The number of aryl methyl sites for hydroxylation is 1. The van der Waals surface area contributed by atoms with Gasteiger partial charge in [0.05, 0.1) is 25.4 Å². The third kappa shape index (κ3) is 4.02. The summed E-state index contributed by atoms with van der Waals surface area (Å²) < 4.78 is 11.7. The molecule has 4 unspecified atom stereocenters. The fraction of sp³-hybridized carbons (Fsp3) is 0.773. The highest BCUT2D eigenvalue weighted by Crippen LogP contribution is 2.62. The third-order valence-corrected chi connectivity index (χ3v) is 8.69. The summed E-state index contributed by atoms with van der Waals surface area (Å²) in [6.45, 7) is 7.60. The van der Waals surface area contributed by atoms with Crippen LogP contribution >= 0.6 is 35.3 Å².